The summed E-state index contributed by atoms with van der Waals surface area (Å²) in [6, 6.07) is 7.58. The molecule has 1 fully saturated rings. The number of rotatable bonds is 6. The van der Waals surface area contributed by atoms with Crippen molar-refractivity contribution in [3.63, 3.8) is 0 Å². The summed E-state index contributed by atoms with van der Waals surface area (Å²) in [5.74, 6) is 2.47. The van der Waals surface area contributed by atoms with Crippen LogP contribution in [0.1, 0.15) is 59.8 Å². The molecule has 1 aliphatic heterocycles. The van der Waals surface area contributed by atoms with E-state index in [1.807, 2.05) is 36.4 Å². The number of amides is 1. The molecule has 1 aliphatic carbocycles. The second-order valence-electron chi connectivity index (χ2n) is 9.41. The van der Waals surface area contributed by atoms with Crippen molar-refractivity contribution in [2.45, 2.75) is 59.8 Å². The first-order chi connectivity index (χ1) is 15.3. The number of nitrogens with one attached hydrogen (secondary N) is 1. The maximum absolute atomic E-state index is 12.7. The molecular weight excluding hydrogens is 400 g/mol. The molecule has 1 saturated carbocycles. The fraction of sp³-hybridized carbons (Fsp3) is 0.481. The predicted octanol–water partition coefficient (Wildman–Crippen LogP) is 6.45. The van der Waals surface area contributed by atoms with Crippen LogP contribution in [0.5, 0.6) is 5.75 Å². The van der Waals surface area contributed by atoms with E-state index in [1.54, 1.807) is 13.3 Å². The minimum Gasteiger partial charge on any atom is -0.497 e. The molecule has 0 unspecified atom stereocenters. The van der Waals surface area contributed by atoms with Crippen LogP contribution < -0.4 is 10.1 Å². The van der Waals surface area contributed by atoms with Crippen molar-refractivity contribution in [3.05, 3.63) is 59.6 Å². The van der Waals surface area contributed by atoms with Crippen LogP contribution in [0.3, 0.4) is 0 Å². The number of nitrogens with zero attached hydrogens (tertiary/aromatic N) is 1. The van der Waals surface area contributed by atoms with Gasteiger partial charge in [0.15, 0.2) is 0 Å². The highest BCUT2D eigenvalue weighted by Crippen LogP contribution is 2.39. The Kier molecular flexibility index (Phi) is 7.60. The summed E-state index contributed by atoms with van der Waals surface area (Å²) in [5, 5.41) is 3.07. The van der Waals surface area contributed by atoms with Crippen molar-refractivity contribution in [3.8, 4) is 5.75 Å². The molecule has 3 rings (SSSR count). The van der Waals surface area contributed by atoms with Gasteiger partial charge in [0.2, 0.25) is 5.91 Å². The third-order valence-electron chi connectivity index (χ3n) is 6.40. The number of aliphatic imine (C=N–C) groups is 1. The highest BCUT2D eigenvalue weighted by molar-refractivity contribution is 5.95. The molecule has 0 aromatic heterocycles. The molecule has 1 amide bonds. The molecule has 0 spiro atoms. The Morgan fingerprint density at radius 3 is 2.44 bits per heavy atom. The van der Waals surface area contributed by atoms with Gasteiger partial charge in [-0.25, -0.2) is 0 Å². The average molecular weight is 437 g/mol. The number of methoxy groups -OCH3 is 1. The zero-order valence-electron chi connectivity index (χ0n) is 20.0. The van der Waals surface area contributed by atoms with E-state index in [1.165, 1.54) is 0 Å². The van der Waals surface area contributed by atoms with E-state index in [2.05, 4.69) is 44.1 Å². The molecule has 32 heavy (non-hydrogen) atoms. The third-order valence-corrected chi connectivity index (χ3v) is 6.40. The number of hydrogen-bond donors (Lipinski definition) is 1. The Morgan fingerprint density at radius 1 is 1.12 bits per heavy atom. The van der Waals surface area contributed by atoms with Crippen LogP contribution in [-0.4, -0.2) is 25.8 Å². The second-order valence-corrected chi connectivity index (χ2v) is 9.41. The SMILES string of the molecule is CCC1=CC(C)(C)/C(Oc2ccc(NC(=O)C3(C)CCCC3)cc2)=C\C=NCC=C1OC. The van der Waals surface area contributed by atoms with E-state index in [9.17, 15) is 4.79 Å². The standard InChI is InChI=1S/C27H36N2O3/c1-6-20-19-26(2,3)24(14-18-28-17-13-23(20)31-5)32-22-11-9-21(10-12-22)29-25(30)27(4)15-7-8-16-27/h9-14,18-19H,6-8,15-17H2,1-5H3,(H,29,30)/b20-19?,23-13?,24-14+,28-18?. The first kappa shape index (κ1) is 23.8. The number of allylic oxidation sites excluding steroid dienone is 3. The minimum atomic E-state index is -0.365. The highest BCUT2D eigenvalue weighted by atomic mass is 16.5. The molecular formula is C27H36N2O3. The molecule has 1 aromatic rings. The molecule has 5 heteroatoms. The molecule has 1 aromatic carbocycles. The number of carbonyl (C=O) groups is 1. The van der Waals surface area contributed by atoms with Crippen LogP contribution in [0.25, 0.3) is 0 Å². The molecule has 5 nitrogen and oxygen atoms in total. The number of hydrogen-bond acceptors (Lipinski definition) is 4. The van der Waals surface area contributed by atoms with E-state index in [0.29, 0.717) is 12.3 Å². The molecule has 0 atom stereocenters. The Labute approximate surface area is 192 Å². The van der Waals surface area contributed by atoms with Gasteiger partial charge in [-0.15, -0.1) is 0 Å². The van der Waals surface area contributed by atoms with Gasteiger partial charge in [-0.05, 0) is 75.1 Å². The van der Waals surface area contributed by atoms with Gasteiger partial charge in [-0.3, -0.25) is 9.79 Å². The summed E-state index contributed by atoms with van der Waals surface area (Å²) in [6.07, 6.45) is 12.9. The molecule has 0 saturated heterocycles. The van der Waals surface area contributed by atoms with E-state index >= 15 is 0 Å². The summed E-state index contributed by atoms with van der Waals surface area (Å²) in [4.78, 5) is 17.1. The van der Waals surface area contributed by atoms with Crippen molar-refractivity contribution >= 4 is 17.8 Å². The lowest BCUT2D eigenvalue weighted by Crippen LogP contribution is -2.30. The fourth-order valence-corrected chi connectivity index (χ4v) is 4.29. The Bertz CT molecular complexity index is 930. The van der Waals surface area contributed by atoms with Gasteiger partial charge in [0.25, 0.3) is 0 Å². The average Bonchev–Trinajstić information content (AvgIpc) is 3.22. The summed E-state index contributed by atoms with van der Waals surface area (Å²) in [7, 11) is 1.69. The van der Waals surface area contributed by atoms with Crippen molar-refractivity contribution in [1.29, 1.82) is 0 Å². The normalized spacial score (nSPS) is 21.6. The molecule has 1 N–H and O–H groups in total. The lowest BCUT2D eigenvalue weighted by atomic mass is 9.86. The van der Waals surface area contributed by atoms with Crippen molar-refractivity contribution in [1.82, 2.24) is 0 Å². The van der Waals surface area contributed by atoms with Crippen LogP contribution in [-0.2, 0) is 9.53 Å². The zero-order chi connectivity index (χ0) is 23.2. The number of ether oxygens (including phenoxy) is 2. The van der Waals surface area contributed by atoms with Crippen molar-refractivity contribution < 1.29 is 14.3 Å². The smallest absolute Gasteiger partial charge is 0.230 e. The Hall–Kier alpha value is -2.82. The maximum Gasteiger partial charge on any atom is 0.230 e. The fourth-order valence-electron chi connectivity index (χ4n) is 4.29. The van der Waals surface area contributed by atoms with E-state index < -0.39 is 0 Å². The van der Waals surface area contributed by atoms with Crippen LogP contribution in [0, 0.1) is 10.8 Å². The van der Waals surface area contributed by atoms with Crippen molar-refractivity contribution in [2.75, 3.05) is 19.0 Å². The van der Waals surface area contributed by atoms with Gasteiger partial charge in [-0.1, -0.05) is 32.8 Å². The van der Waals surface area contributed by atoms with Gasteiger partial charge < -0.3 is 14.8 Å². The summed E-state index contributed by atoms with van der Waals surface area (Å²) >= 11 is 0. The third kappa shape index (κ3) is 5.70. The first-order valence-corrected chi connectivity index (χ1v) is 11.5. The summed E-state index contributed by atoms with van der Waals surface area (Å²) in [5.41, 5.74) is 1.30. The largest absolute Gasteiger partial charge is 0.497 e. The quantitative estimate of drug-likeness (QED) is 0.558. The Balaban J connectivity index is 1.77. The van der Waals surface area contributed by atoms with Gasteiger partial charge in [0, 0.05) is 22.7 Å². The van der Waals surface area contributed by atoms with E-state index in [0.717, 1.165) is 54.9 Å². The first-order valence-electron chi connectivity index (χ1n) is 11.5. The van der Waals surface area contributed by atoms with Crippen molar-refractivity contribution in [2.24, 2.45) is 15.8 Å². The lowest BCUT2D eigenvalue weighted by molar-refractivity contribution is -0.124. The summed E-state index contributed by atoms with van der Waals surface area (Å²) < 4.78 is 11.9. The number of benzene rings is 1. The highest BCUT2D eigenvalue weighted by Gasteiger charge is 2.36. The van der Waals surface area contributed by atoms with Crippen LogP contribution >= 0.6 is 0 Å². The van der Waals surface area contributed by atoms with Gasteiger partial charge in [-0.2, -0.15) is 0 Å². The molecule has 1 heterocycles. The van der Waals surface area contributed by atoms with Gasteiger partial charge in [0.1, 0.15) is 17.3 Å². The van der Waals surface area contributed by atoms with Crippen LogP contribution in [0.15, 0.2) is 64.6 Å². The lowest BCUT2D eigenvalue weighted by Gasteiger charge is -2.27. The number of carbonyl (C=O) groups excluding carboxylic acids is 1. The zero-order valence-corrected chi connectivity index (χ0v) is 20.0. The molecule has 0 radical (unpaired) electrons. The van der Waals surface area contributed by atoms with E-state index in [4.69, 9.17) is 9.47 Å². The topological polar surface area (TPSA) is 59.9 Å². The Morgan fingerprint density at radius 2 is 1.81 bits per heavy atom. The minimum absolute atomic E-state index is 0.107. The molecule has 0 bridgehead atoms. The van der Waals surface area contributed by atoms with Crippen LogP contribution in [0.4, 0.5) is 5.69 Å². The maximum atomic E-state index is 12.7. The summed E-state index contributed by atoms with van der Waals surface area (Å²) in [6.45, 7) is 8.97. The van der Waals surface area contributed by atoms with Crippen LogP contribution in [0.2, 0.25) is 0 Å². The molecule has 172 valence electrons. The second kappa shape index (κ2) is 10.2. The number of anilines is 1. The van der Waals surface area contributed by atoms with Gasteiger partial charge in [0.05, 0.1) is 13.7 Å². The predicted molar refractivity (Wildman–Crippen MR) is 131 cm³/mol. The monoisotopic (exact) mass is 436 g/mol. The van der Waals surface area contributed by atoms with E-state index in [-0.39, 0.29) is 16.7 Å². The van der Waals surface area contributed by atoms with Gasteiger partial charge >= 0.3 is 0 Å². The molecule has 2 aliphatic rings.